The van der Waals surface area contributed by atoms with E-state index < -0.39 is 0 Å². The van der Waals surface area contributed by atoms with Crippen LogP contribution >= 0.6 is 0 Å². The average Bonchev–Trinajstić information content (AvgIpc) is 2.75. The molecule has 1 aromatic carbocycles. The lowest BCUT2D eigenvalue weighted by atomic mass is 9.99. The van der Waals surface area contributed by atoms with Gasteiger partial charge in [-0.2, -0.15) is 0 Å². The average molecular weight is 205 g/mol. The highest BCUT2D eigenvalue weighted by molar-refractivity contribution is 5.42. The SMILES string of the molecule is CCC1OCCC1CNc1ccccc1. The van der Waals surface area contributed by atoms with Crippen molar-refractivity contribution in [2.75, 3.05) is 18.5 Å². The van der Waals surface area contributed by atoms with E-state index in [-0.39, 0.29) is 0 Å². The van der Waals surface area contributed by atoms with Crippen LogP contribution in [0, 0.1) is 5.92 Å². The highest BCUT2D eigenvalue weighted by atomic mass is 16.5. The van der Waals surface area contributed by atoms with Crippen molar-refractivity contribution < 1.29 is 4.74 Å². The van der Waals surface area contributed by atoms with Gasteiger partial charge in [-0.1, -0.05) is 25.1 Å². The largest absolute Gasteiger partial charge is 0.385 e. The number of hydrogen-bond acceptors (Lipinski definition) is 2. The van der Waals surface area contributed by atoms with E-state index >= 15 is 0 Å². The van der Waals surface area contributed by atoms with Gasteiger partial charge in [-0.15, -0.1) is 0 Å². The van der Waals surface area contributed by atoms with Crippen LogP contribution in [0.4, 0.5) is 5.69 Å². The van der Waals surface area contributed by atoms with Crippen molar-refractivity contribution in [3.63, 3.8) is 0 Å². The first kappa shape index (κ1) is 10.5. The van der Waals surface area contributed by atoms with E-state index in [9.17, 15) is 0 Å². The second-order valence-electron chi connectivity index (χ2n) is 4.11. The predicted molar refractivity (Wildman–Crippen MR) is 63.1 cm³/mol. The molecule has 1 heterocycles. The molecule has 1 fully saturated rings. The van der Waals surface area contributed by atoms with E-state index in [1.807, 2.05) is 6.07 Å². The highest BCUT2D eigenvalue weighted by Gasteiger charge is 2.26. The quantitative estimate of drug-likeness (QED) is 0.816. The molecule has 0 saturated carbocycles. The van der Waals surface area contributed by atoms with Crippen molar-refractivity contribution in [2.45, 2.75) is 25.9 Å². The minimum Gasteiger partial charge on any atom is -0.385 e. The van der Waals surface area contributed by atoms with Crippen molar-refractivity contribution >= 4 is 5.69 Å². The molecule has 2 heteroatoms. The molecule has 2 unspecified atom stereocenters. The number of rotatable bonds is 4. The summed E-state index contributed by atoms with van der Waals surface area (Å²) in [6.45, 7) is 4.16. The number of benzene rings is 1. The molecule has 0 aliphatic carbocycles. The Balaban J connectivity index is 1.83. The molecule has 1 saturated heterocycles. The molecule has 1 aliphatic heterocycles. The van der Waals surface area contributed by atoms with Gasteiger partial charge in [0.1, 0.15) is 0 Å². The Bertz CT molecular complexity index is 286. The van der Waals surface area contributed by atoms with Gasteiger partial charge in [-0.05, 0) is 25.0 Å². The number of nitrogens with one attached hydrogen (secondary N) is 1. The minimum absolute atomic E-state index is 0.459. The van der Waals surface area contributed by atoms with E-state index in [2.05, 4.69) is 36.5 Å². The Hall–Kier alpha value is -1.02. The number of hydrogen-bond donors (Lipinski definition) is 1. The van der Waals surface area contributed by atoms with Gasteiger partial charge < -0.3 is 10.1 Å². The number of para-hydroxylation sites is 1. The van der Waals surface area contributed by atoms with E-state index in [0.717, 1.165) is 19.6 Å². The first-order valence-corrected chi connectivity index (χ1v) is 5.80. The molecule has 82 valence electrons. The van der Waals surface area contributed by atoms with Crippen molar-refractivity contribution in [1.29, 1.82) is 0 Å². The summed E-state index contributed by atoms with van der Waals surface area (Å²) in [7, 11) is 0. The molecular formula is C13H19NO. The van der Waals surface area contributed by atoms with Crippen LogP contribution in [0.1, 0.15) is 19.8 Å². The molecule has 0 radical (unpaired) electrons. The van der Waals surface area contributed by atoms with Crippen molar-refractivity contribution in [2.24, 2.45) is 5.92 Å². The van der Waals surface area contributed by atoms with Gasteiger partial charge in [0.2, 0.25) is 0 Å². The second-order valence-corrected chi connectivity index (χ2v) is 4.11. The molecule has 2 nitrogen and oxygen atoms in total. The van der Waals surface area contributed by atoms with Crippen LogP contribution < -0.4 is 5.32 Å². The van der Waals surface area contributed by atoms with Gasteiger partial charge in [0.25, 0.3) is 0 Å². The Morgan fingerprint density at radius 1 is 1.33 bits per heavy atom. The molecule has 15 heavy (non-hydrogen) atoms. The van der Waals surface area contributed by atoms with Gasteiger partial charge in [-0.3, -0.25) is 0 Å². The third kappa shape index (κ3) is 2.72. The fourth-order valence-electron chi connectivity index (χ4n) is 2.18. The van der Waals surface area contributed by atoms with Gasteiger partial charge >= 0.3 is 0 Å². The standard InChI is InChI=1S/C13H19NO/c1-2-13-11(8-9-15-13)10-14-12-6-4-3-5-7-12/h3-7,11,13-14H,2,8-10H2,1H3. The zero-order valence-corrected chi connectivity index (χ0v) is 9.28. The van der Waals surface area contributed by atoms with Crippen LogP contribution in [0.15, 0.2) is 30.3 Å². The Morgan fingerprint density at radius 2 is 2.13 bits per heavy atom. The van der Waals surface area contributed by atoms with Crippen LogP contribution in [0.5, 0.6) is 0 Å². The van der Waals surface area contributed by atoms with Gasteiger partial charge in [0.05, 0.1) is 6.10 Å². The Kier molecular flexibility index (Phi) is 3.62. The molecule has 0 aromatic heterocycles. The van der Waals surface area contributed by atoms with Gasteiger partial charge in [0.15, 0.2) is 0 Å². The van der Waals surface area contributed by atoms with Gasteiger partial charge in [-0.25, -0.2) is 0 Å². The Labute approximate surface area is 91.6 Å². The van der Waals surface area contributed by atoms with E-state index in [1.165, 1.54) is 12.1 Å². The molecule has 2 atom stereocenters. The molecule has 0 amide bonds. The first-order chi connectivity index (χ1) is 7.40. The van der Waals surface area contributed by atoms with Crippen LogP contribution in [0.3, 0.4) is 0 Å². The van der Waals surface area contributed by atoms with Gasteiger partial charge in [0, 0.05) is 24.8 Å². The van der Waals surface area contributed by atoms with Crippen LogP contribution in [-0.4, -0.2) is 19.3 Å². The first-order valence-electron chi connectivity index (χ1n) is 5.80. The number of anilines is 1. The lowest BCUT2D eigenvalue weighted by Crippen LogP contribution is -2.22. The maximum absolute atomic E-state index is 5.66. The third-order valence-corrected chi connectivity index (χ3v) is 3.09. The van der Waals surface area contributed by atoms with Crippen molar-refractivity contribution in [3.05, 3.63) is 30.3 Å². The monoisotopic (exact) mass is 205 g/mol. The summed E-state index contributed by atoms with van der Waals surface area (Å²) in [5.74, 6) is 0.676. The van der Waals surface area contributed by atoms with Crippen LogP contribution in [0.25, 0.3) is 0 Å². The summed E-state index contributed by atoms with van der Waals surface area (Å²) >= 11 is 0. The zero-order chi connectivity index (χ0) is 10.5. The summed E-state index contributed by atoms with van der Waals surface area (Å²) in [5.41, 5.74) is 1.21. The second kappa shape index (κ2) is 5.17. The minimum atomic E-state index is 0.459. The Morgan fingerprint density at radius 3 is 2.87 bits per heavy atom. The molecule has 2 rings (SSSR count). The maximum Gasteiger partial charge on any atom is 0.0618 e. The summed E-state index contributed by atoms with van der Waals surface area (Å²) in [5, 5.41) is 3.47. The van der Waals surface area contributed by atoms with E-state index in [4.69, 9.17) is 4.74 Å². The fraction of sp³-hybridized carbons (Fsp3) is 0.538. The maximum atomic E-state index is 5.66. The molecule has 1 N–H and O–H groups in total. The van der Waals surface area contributed by atoms with Crippen molar-refractivity contribution in [3.8, 4) is 0 Å². The summed E-state index contributed by atoms with van der Waals surface area (Å²) in [4.78, 5) is 0. The molecule has 1 aromatic rings. The molecular weight excluding hydrogens is 186 g/mol. The zero-order valence-electron chi connectivity index (χ0n) is 9.28. The fourth-order valence-corrected chi connectivity index (χ4v) is 2.18. The van der Waals surface area contributed by atoms with Crippen LogP contribution in [0.2, 0.25) is 0 Å². The predicted octanol–water partition coefficient (Wildman–Crippen LogP) is 2.91. The molecule has 0 bridgehead atoms. The van der Waals surface area contributed by atoms with Crippen LogP contribution in [-0.2, 0) is 4.74 Å². The van der Waals surface area contributed by atoms with E-state index in [0.29, 0.717) is 12.0 Å². The summed E-state index contributed by atoms with van der Waals surface area (Å²) in [6, 6.07) is 10.4. The smallest absolute Gasteiger partial charge is 0.0618 e. The number of ether oxygens (including phenoxy) is 1. The summed E-state index contributed by atoms with van der Waals surface area (Å²) in [6.07, 6.45) is 2.78. The lowest BCUT2D eigenvalue weighted by Gasteiger charge is -2.17. The summed E-state index contributed by atoms with van der Waals surface area (Å²) < 4.78 is 5.66. The normalized spacial score (nSPS) is 25.4. The third-order valence-electron chi connectivity index (χ3n) is 3.09. The lowest BCUT2D eigenvalue weighted by molar-refractivity contribution is 0.0900. The highest BCUT2D eigenvalue weighted by Crippen LogP contribution is 2.23. The van der Waals surface area contributed by atoms with Crippen molar-refractivity contribution in [1.82, 2.24) is 0 Å². The molecule has 1 aliphatic rings. The topological polar surface area (TPSA) is 21.3 Å². The molecule has 0 spiro atoms. The van der Waals surface area contributed by atoms with E-state index in [1.54, 1.807) is 0 Å².